The van der Waals surface area contributed by atoms with Crippen LogP contribution in [0.2, 0.25) is 0 Å². The van der Waals surface area contributed by atoms with E-state index in [0.717, 1.165) is 16.5 Å². The molecule has 0 bridgehead atoms. The van der Waals surface area contributed by atoms with E-state index in [4.69, 9.17) is 0 Å². The summed E-state index contributed by atoms with van der Waals surface area (Å²) in [6, 6.07) is 17.7. The summed E-state index contributed by atoms with van der Waals surface area (Å²) in [6.45, 7) is 6.69. The highest BCUT2D eigenvalue weighted by Crippen LogP contribution is 2.38. The molecule has 4 rings (SSSR count). The Morgan fingerprint density at radius 1 is 1.16 bits per heavy atom. The van der Waals surface area contributed by atoms with E-state index in [2.05, 4.69) is 58.6 Å². The lowest BCUT2D eigenvalue weighted by Crippen LogP contribution is -2.48. The topological polar surface area (TPSA) is 40.6 Å². The number of nitrogens with zero attached hydrogens (tertiary/aromatic N) is 2. The number of fused-ring (bicyclic) bond motifs is 1. The highest BCUT2D eigenvalue weighted by Gasteiger charge is 2.34. The summed E-state index contributed by atoms with van der Waals surface area (Å²) in [6.07, 6.45) is 0.850. The van der Waals surface area contributed by atoms with Gasteiger partial charge in [0.2, 0.25) is 5.91 Å². The molecule has 2 aromatic carbocycles. The molecule has 1 unspecified atom stereocenters. The van der Waals surface area contributed by atoms with Gasteiger partial charge in [-0.15, -0.1) is 11.3 Å². The van der Waals surface area contributed by atoms with E-state index < -0.39 is 0 Å². The molecular weight excluding hydrogens is 484 g/mol. The van der Waals surface area contributed by atoms with Crippen LogP contribution in [0.5, 0.6) is 0 Å². The quantitative estimate of drug-likeness (QED) is 0.432. The summed E-state index contributed by atoms with van der Waals surface area (Å²) in [7, 11) is 0. The van der Waals surface area contributed by atoms with Crippen molar-refractivity contribution in [3.05, 3.63) is 91.6 Å². The lowest BCUT2D eigenvalue weighted by Gasteiger charge is -2.38. The first-order valence-corrected chi connectivity index (χ1v) is 12.5. The maximum atomic E-state index is 13.6. The average molecular weight is 511 g/mol. The van der Waals surface area contributed by atoms with Gasteiger partial charge in [-0.25, -0.2) is 0 Å². The van der Waals surface area contributed by atoms with Crippen LogP contribution in [-0.4, -0.2) is 40.7 Å². The van der Waals surface area contributed by atoms with Crippen LogP contribution in [-0.2, 0) is 11.2 Å². The fourth-order valence-electron chi connectivity index (χ4n) is 4.21. The van der Waals surface area contributed by atoms with Crippen LogP contribution in [0, 0.1) is 6.92 Å². The van der Waals surface area contributed by atoms with Crippen molar-refractivity contribution in [1.29, 1.82) is 0 Å². The zero-order chi connectivity index (χ0) is 22.8. The molecule has 4 nitrogen and oxygen atoms in total. The number of rotatable bonds is 5. The van der Waals surface area contributed by atoms with Crippen molar-refractivity contribution in [3.8, 4) is 0 Å². The van der Waals surface area contributed by atoms with Crippen LogP contribution in [0.4, 0.5) is 0 Å². The van der Waals surface area contributed by atoms with Gasteiger partial charge in [-0.2, -0.15) is 0 Å². The molecule has 0 spiro atoms. The standard InChI is InChI=1S/C26H27BrN2O2S/c1-17(2)29(26(31)20-5-4-6-21(27)15-20)16-24(30)28-13-11-23-22(12-14-32-23)25(28)19-9-7-18(3)8-10-19/h4-10,12,14-15,17,25H,11,13,16H2,1-3H3. The molecule has 0 N–H and O–H groups in total. The first-order chi connectivity index (χ1) is 15.3. The second-order valence-corrected chi connectivity index (χ2v) is 10.4. The molecule has 0 aliphatic carbocycles. The van der Waals surface area contributed by atoms with E-state index in [0.29, 0.717) is 12.1 Å². The van der Waals surface area contributed by atoms with Crippen LogP contribution < -0.4 is 0 Å². The van der Waals surface area contributed by atoms with Gasteiger partial charge < -0.3 is 9.80 Å². The number of aryl methyl sites for hydroxylation is 1. The van der Waals surface area contributed by atoms with Crippen molar-refractivity contribution in [2.45, 2.75) is 39.3 Å². The van der Waals surface area contributed by atoms with Gasteiger partial charge in [0.1, 0.15) is 6.54 Å². The summed E-state index contributed by atoms with van der Waals surface area (Å²) in [5.74, 6) is -0.153. The fourth-order valence-corrected chi connectivity index (χ4v) is 5.51. The number of benzene rings is 2. The average Bonchev–Trinajstić information content (AvgIpc) is 3.25. The van der Waals surface area contributed by atoms with E-state index in [-0.39, 0.29) is 30.4 Å². The minimum Gasteiger partial charge on any atom is -0.330 e. The molecule has 0 saturated carbocycles. The Hall–Kier alpha value is -2.44. The van der Waals surface area contributed by atoms with Gasteiger partial charge in [0.25, 0.3) is 5.91 Å². The molecule has 1 atom stereocenters. The molecular formula is C26H27BrN2O2S. The second-order valence-electron chi connectivity index (χ2n) is 8.49. The van der Waals surface area contributed by atoms with Crippen molar-refractivity contribution in [3.63, 3.8) is 0 Å². The molecule has 0 saturated heterocycles. The van der Waals surface area contributed by atoms with Crippen LogP contribution in [0.25, 0.3) is 0 Å². The maximum Gasteiger partial charge on any atom is 0.254 e. The highest BCUT2D eigenvalue weighted by molar-refractivity contribution is 9.10. The Morgan fingerprint density at radius 2 is 1.91 bits per heavy atom. The molecule has 3 aromatic rings. The SMILES string of the molecule is Cc1ccc(C2c3ccsc3CCN2C(=O)CN(C(=O)c2cccc(Br)c2)C(C)C)cc1. The molecule has 0 radical (unpaired) electrons. The van der Waals surface area contributed by atoms with Crippen molar-refractivity contribution >= 4 is 39.1 Å². The molecule has 1 aromatic heterocycles. The largest absolute Gasteiger partial charge is 0.330 e. The first kappa shape index (κ1) is 22.7. The smallest absolute Gasteiger partial charge is 0.254 e. The molecule has 2 amide bonds. The monoisotopic (exact) mass is 510 g/mol. The van der Waals surface area contributed by atoms with Gasteiger partial charge in [-0.1, -0.05) is 51.8 Å². The minimum atomic E-state index is -0.130. The molecule has 2 heterocycles. The number of carbonyl (C=O) groups excluding carboxylic acids is 2. The number of carbonyl (C=O) groups is 2. The number of amides is 2. The predicted octanol–water partition coefficient (Wildman–Crippen LogP) is 5.84. The molecule has 1 aliphatic rings. The number of hydrogen-bond donors (Lipinski definition) is 0. The van der Waals surface area contributed by atoms with Gasteiger partial charge in [0.15, 0.2) is 0 Å². The zero-order valence-corrected chi connectivity index (χ0v) is 20.9. The maximum absolute atomic E-state index is 13.6. The molecule has 32 heavy (non-hydrogen) atoms. The van der Waals surface area contributed by atoms with Gasteiger partial charge in [-0.05, 0) is 68.0 Å². The molecule has 166 valence electrons. The van der Waals surface area contributed by atoms with Crippen molar-refractivity contribution in [2.24, 2.45) is 0 Å². The number of halogens is 1. The Bertz CT molecular complexity index is 1120. The van der Waals surface area contributed by atoms with E-state index in [1.807, 2.05) is 30.9 Å². The summed E-state index contributed by atoms with van der Waals surface area (Å²) < 4.78 is 0.846. The number of thiophene rings is 1. The van der Waals surface area contributed by atoms with Crippen molar-refractivity contribution < 1.29 is 9.59 Å². The third-order valence-corrected chi connectivity index (χ3v) is 7.43. The summed E-state index contributed by atoms with van der Waals surface area (Å²) in [5.41, 5.74) is 4.08. The lowest BCUT2D eigenvalue weighted by molar-refractivity contribution is -0.134. The Morgan fingerprint density at radius 3 is 2.59 bits per heavy atom. The van der Waals surface area contributed by atoms with Gasteiger partial charge in [-0.3, -0.25) is 9.59 Å². The normalized spacial score (nSPS) is 15.5. The fraction of sp³-hybridized carbons (Fsp3) is 0.308. The second kappa shape index (κ2) is 9.59. The summed E-state index contributed by atoms with van der Waals surface area (Å²) >= 11 is 5.19. The van der Waals surface area contributed by atoms with Crippen molar-refractivity contribution in [2.75, 3.05) is 13.1 Å². The Balaban J connectivity index is 1.62. The number of hydrogen-bond acceptors (Lipinski definition) is 3. The molecule has 1 aliphatic heterocycles. The van der Waals surface area contributed by atoms with Gasteiger partial charge >= 0.3 is 0 Å². The van der Waals surface area contributed by atoms with Crippen LogP contribution >= 0.6 is 27.3 Å². The van der Waals surface area contributed by atoms with Gasteiger partial charge in [0, 0.05) is 27.5 Å². The summed E-state index contributed by atoms with van der Waals surface area (Å²) in [4.78, 5) is 31.8. The third kappa shape index (κ3) is 4.66. The van der Waals surface area contributed by atoms with Crippen molar-refractivity contribution in [1.82, 2.24) is 9.80 Å². The van der Waals surface area contributed by atoms with Crippen LogP contribution in [0.15, 0.2) is 64.5 Å². The molecule has 6 heteroatoms. The molecule has 0 fully saturated rings. The highest BCUT2D eigenvalue weighted by atomic mass is 79.9. The van der Waals surface area contributed by atoms with E-state index >= 15 is 0 Å². The van der Waals surface area contributed by atoms with Gasteiger partial charge in [0.05, 0.1) is 6.04 Å². The first-order valence-electron chi connectivity index (χ1n) is 10.8. The minimum absolute atomic E-state index is 0.0236. The zero-order valence-electron chi connectivity index (χ0n) is 18.5. The summed E-state index contributed by atoms with van der Waals surface area (Å²) in [5, 5.41) is 2.11. The van der Waals surface area contributed by atoms with E-state index in [1.165, 1.54) is 16.0 Å². The van der Waals surface area contributed by atoms with Crippen LogP contribution in [0.1, 0.15) is 51.8 Å². The predicted molar refractivity (Wildman–Crippen MR) is 133 cm³/mol. The van der Waals surface area contributed by atoms with E-state index in [1.54, 1.807) is 28.4 Å². The third-order valence-electron chi connectivity index (χ3n) is 5.94. The lowest BCUT2D eigenvalue weighted by atomic mass is 9.92. The van der Waals surface area contributed by atoms with E-state index in [9.17, 15) is 9.59 Å². The van der Waals surface area contributed by atoms with Crippen LogP contribution in [0.3, 0.4) is 0 Å². The Kier molecular flexibility index (Phi) is 6.82. The Labute approximate surface area is 202 Å².